The van der Waals surface area contributed by atoms with Gasteiger partial charge in [0.2, 0.25) is 0 Å². The average Bonchev–Trinajstić information content (AvgIpc) is 2.08. The molecule has 3 heteroatoms. The van der Waals surface area contributed by atoms with E-state index >= 15 is 0 Å². The van der Waals surface area contributed by atoms with Crippen molar-refractivity contribution in [2.75, 3.05) is 0 Å². The van der Waals surface area contributed by atoms with Crippen molar-refractivity contribution < 1.29 is 4.74 Å². The van der Waals surface area contributed by atoms with Crippen molar-refractivity contribution in [1.29, 1.82) is 5.41 Å². The number of amidine groups is 1. The van der Waals surface area contributed by atoms with Crippen LogP contribution in [0.5, 0.6) is 5.75 Å². The predicted octanol–water partition coefficient (Wildman–Crippen LogP) is 2.40. The van der Waals surface area contributed by atoms with Crippen molar-refractivity contribution in [2.24, 2.45) is 5.73 Å². The van der Waals surface area contributed by atoms with Gasteiger partial charge in [0.05, 0.1) is 5.84 Å². The quantitative estimate of drug-likeness (QED) is 0.587. The molecule has 1 rings (SSSR count). The zero-order chi connectivity index (χ0) is 11.4. The first-order valence-electron chi connectivity index (χ1n) is 5.06. The highest BCUT2D eigenvalue weighted by Crippen LogP contribution is 2.20. The molecule has 1 aromatic carbocycles. The topological polar surface area (TPSA) is 59.1 Å². The number of rotatable bonds is 4. The Balaban J connectivity index is 2.68. The summed E-state index contributed by atoms with van der Waals surface area (Å²) in [5.74, 6) is 1.03. The highest BCUT2D eigenvalue weighted by atomic mass is 16.5. The highest BCUT2D eigenvalue weighted by Gasteiger charge is 2.07. The van der Waals surface area contributed by atoms with Crippen molar-refractivity contribution in [3.8, 4) is 5.75 Å². The van der Waals surface area contributed by atoms with E-state index in [0.29, 0.717) is 6.42 Å². The zero-order valence-corrected chi connectivity index (χ0v) is 9.50. The Morgan fingerprint density at radius 1 is 1.47 bits per heavy atom. The number of nitrogens with two attached hydrogens (primary N) is 1. The third-order valence-electron chi connectivity index (χ3n) is 2.17. The van der Waals surface area contributed by atoms with Crippen molar-refractivity contribution in [1.82, 2.24) is 0 Å². The summed E-state index contributed by atoms with van der Waals surface area (Å²) in [7, 11) is 0. The largest absolute Gasteiger partial charge is 0.490 e. The Labute approximate surface area is 90.8 Å². The maximum atomic E-state index is 7.18. The van der Waals surface area contributed by atoms with Gasteiger partial charge in [0.15, 0.2) is 0 Å². The molecule has 0 radical (unpaired) electrons. The lowest BCUT2D eigenvalue weighted by Crippen LogP contribution is -2.21. The van der Waals surface area contributed by atoms with Gasteiger partial charge in [0.25, 0.3) is 0 Å². The molecule has 0 aliphatic carbocycles. The molecule has 3 nitrogen and oxygen atoms in total. The van der Waals surface area contributed by atoms with E-state index in [4.69, 9.17) is 15.9 Å². The van der Waals surface area contributed by atoms with Gasteiger partial charge in [-0.3, -0.25) is 5.41 Å². The van der Waals surface area contributed by atoms with Crippen molar-refractivity contribution in [3.63, 3.8) is 0 Å². The lowest BCUT2D eigenvalue weighted by atomic mass is 10.1. The van der Waals surface area contributed by atoms with Crippen LogP contribution in [0.15, 0.2) is 18.2 Å². The minimum atomic E-state index is -0.0519. The molecular formula is C12H18N2O. The van der Waals surface area contributed by atoms with E-state index in [2.05, 4.69) is 13.0 Å². The van der Waals surface area contributed by atoms with Crippen LogP contribution in [0.4, 0.5) is 0 Å². The van der Waals surface area contributed by atoms with Crippen LogP contribution in [0.3, 0.4) is 0 Å². The summed E-state index contributed by atoms with van der Waals surface area (Å²) in [6.07, 6.45) is 0.414. The van der Waals surface area contributed by atoms with Crippen LogP contribution in [0.1, 0.15) is 24.5 Å². The fourth-order valence-corrected chi connectivity index (χ4v) is 1.50. The molecule has 0 amide bonds. The number of hydrogen-bond donors (Lipinski definition) is 2. The minimum Gasteiger partial charge on any atom is -0.490 e. The van der Waals surface area contributed by atoms with Crippen LogP contribution >= 0.6 is 0 Å². The third kappa shape index (κ3) is 3.62. The first-order valence-corrected chi connectivity index (χ1v) is 5.06. The van der Waals surface area contributed by atoms with Gasteiger partial charge < -0.3 is 10.5 Å². The summed E-state index contributed by atoms with van der Waals surface area (Å²) in [6, 6.07) is 6.06. The summed E-state index contributed by atoms with van der Waals surface area (Å²) in [5.41, 5.74) is 7.65. The second-order valence-electron chi connectivity index (χ2n) is 3.93. The van der Waals surface area contributed by atoms with Crippen LogP contribution in [-0.4, -0.2) is 11.9 Å². The van der Waals surface area contributed by atoms with E-state index in [-0.39, 0.29) is 11.9 Å². The zero-order valence-electron chi connectivity index (χ0n) is 9.50. The van der Waals surface area contributed by atoms with Crippen LogP contribution in [0.2, 0.25) is 0 Å². The van der Waals surface area contributed by atoms with Crippen molar-refractivity contribution in [2.45, 2.75) is 33.3 Å². The van der Waals surface area contributed by atoms with Gasteiger partial charge in [-0.1, -0.05) is 17.7 Å². The fraction of sp³-hybridized carbons (Fsp3) is 0.417. The smallest absolute Gasteiger partial charge is 0.122 e. The Morgan fingerprint density at radius 3 is 2.67 bits per heavy atom. The van der Waals surface area contributed by atoms with Crippen LogP contribution in [-0.2, 0) is 0 Å². The number of nitrogens with one attached hydrogen (secondary N) is 1. The Morgan fingerprint density at radius 2 is 2.13 bits per heavy atom. The summed E-state index contributed by atoms with van der Waals surface area (Å²) in [5, 5.41) is 7.18. The Hall–Kier alpha value is -1.51. The van der Waals surface area contributed by atoms with Crippen molar-refractivity contribution >= 4 is 5.84 Å². The summed E-state index contributed by atoms with van der Waals surface area (Å²) >= 11 is 0. The molecule has 0 aliphatic rings. The minimum absolute atomic E-state index is 0.0519. The molecule has 15 heavy (non-hydrogen) atoms. The van der Waals surface area contributed by atoms with Gasteiger partial charge in [0, 0.05) is 6.42 Å². The number of ether oxygens (including phenoxy) is 1. The summed E-state index contributed by atoms with van der Waals surface area (Å²) in [4.78, 5) is 0. The first-order chi connectivity index (χ1) is 6.99. The molecule has 0 spiro atoms. The molecule has 0 saturated carbocycles. The van der Waals surface area contributed by atoms with E-state index < -0.39 is 0 Å². The summed E-state index contributed by atoms with van der Waals surface area (Å²) < 4.78 is 5.69. The molecular weight excluding hydrogens is 188 g/mol. The van der Waals surface area contributed by atoms with Gasteiger partial charge in [-0.15, -0.1) is 0 Å². The molecule has 0 bridgehead atoms. The van der Waals surface area contributed by atoms with Gasteiger partial charge in [-0.05, 0) is 32.4 Å². The molecule has 82 valence electrons. The molecule has 3 N–H and O–H groups in total. The number of hydrogen-bond acceptors (Lipinski definition) is 2. The fourth-order valence-electron chi connectivity index (χ4n) is 1.50. The second kappa shape index (κ2) is 4.82. The van der Waals surface area contributed by atoms with Crippen LogP contribution < -0.4 is 10.5 Å². The predicted molar refractivity (Wildman–Crippen MR) is 62.5 cm³/mol. The maximum absolute atomic E-state index is 7.18. The van der Waals surface area contributed by atoms with Gasteiger partial charge in [-0.25, -0.2) is 0 Å². The molecule has 0 saturated heterocycles. The lowest BCUT2D eigenvalue weighted by molar-refractivity contribution is 0.228. The SMILES string of the molecule is Cc1ccc(OC(C)CC(=N)N)c(C)c1. The van der Waals surface area contributed by atoms with E-state index in [0.717, 1.165) is 11.3 Å². The van der Waals surface area contributed by atoms with Crippen LogP contribution in [0.25, 0.3) is 0 Å². The van der Waals surface area contributed by atoms with E-state index in [9.17, 15) is 0 Å². The average molecular weight is 206 g/mol. The normalized spacial score (nSPS) is 12.2. The third-order valence-corrected chi connectivity index (χ3v) is 2.17. The van der Waals surface area contributed by atoms with Crippen LogP contribution in [0, 0.1) is 19.3 Å². The van der Waals surface area contributed by atoms with E-state index in [1.807, 2.05) is 26.0 Å². The van der Waals surface area contributed by atoms with Crippen molar-refractivity contribution in [3.05, 3.63) is 29.3 Å². The maximum Gasteiger partial charge on any atom is 0.122 e. The molecule has 0 aromatic heterocycles. The highest BCUT2D eigenvalue weighted by molar-refractivity contribution is 5.77. The molecule has 0 fully saturated rings. The van der Waals surface area contributed by atoms with E-state index in [1.54, 1.807) is 0 Å². The molecule has 1 atom stereocenters. The summed E-state index contributed by atoms with van der Waals surface area (Å²) in [6.45, 7) is 5.99. The number of benzene rings is 1. The Kier molecular flexibility index (Phi) is 3.72. The molecule has 1 aromatic rings. The standard InChI is InChI=1S/C12H18N2O/c1-8-4-5-11(9(2)6-8)15-10(3)7-12(13)14/h4-6,10H,7H2,1-3H3,(H3,13,14). The molecule has 0 heterocycles. The lowest BCUT2D eigenvalue weighted by Gasteiger charge is -2.16. The number of aryl methyl sites for hydroxylation is 2. The molecule has 0 aliphatic heterocycles. The van der Waals surface area contributed by atoms with Gasteiger partial charge in [-0.2, -0.15) is 0 Å². The van der Waals surface area contributed by atoms with Gasteiger partial charge in [0.1, 0.15) is 11.9 Å². The molecule has 1 unspecified atom stereocenters. The monoisotopic (exact) mass is 206 g/mol. The first kappa shape index (κ1) is 11.6. The Bertz CT molecular complexity index is 361. The second-order valence-corrected chi connectivity index (χ2v) is 3.93. The van der Waals surface area contributed by atoms with Gasteiger partial charge >= 0.3 is 0 Å². The van der Waals surface area contributed by atoms with E-state index in [1.165, 1.54) is 5.56 Å².